The number of nitrogens with zero attached hydrogens (tertiary/aromatic N) is 1. The van der Waals surface area contributed by atoms with E-state index < -0.39 is 5.60 Å². The van der Waals surface area contributed by atoms with Gasteiger partial charge in [-0.15, -0.1) is 0 Å². The summed E-state index contributed by atoms with van der Waals surface area (Å²) in [4.78, 5) is 3.08. The van der Waals surface area contributed by atoms with E-state index >= 15 is 0 Å². The van der Waals surface area contributed by atoms with Gasteiger partial charge in [0, 0.05) is 46.3 Å². The first kappa shape index (κ1) is 41.3. The fraction of sp³-hybridized carbons (Fsp3) is 0.434. The number of aliphatic hydroxyl groups excluding tert-OH is 1. The third kappa shape index (κ3) is 7.54. The van der Waals surface area contributed by atoms with Crippen LogP contribution in [0.1, 0.15) is 120 Å². The van der Waals surface area contributed by atoms with Crippen molar-refractivity contribution in [3.8, 4) is 17.2 Å². The zero-order valence-corrected chi connectivity index (χ0v) is 36.9. The molecule has 2 aliphatic heterocycles. The van der Waals surface area contributed by atoms with Crippen LogP contribution >= 0.6 is 11.8 Å². The highest BCUT2D eigenvalue weighted by atomic mass is 32.2. The molecule has 1 unspecified atom stereocenters. The van der Waals surface area contributed by atoms with Gasteiger partial charge in [-0.05, 0) is 115 Å². The van der Waals surface area contributed by atoms with Crippen molar-refractivity contribution < 1.29 is 19.3 Å². The van der Waals surface area contributed by atoms with Gasteiger partial charge in [0.2, 0.25) is 0 Å². The van der Waals surface area contributed by atoms with Gasteiger partial charge in [-0.2, -0.15) is 0 Å². The van der Waals surface area contributed by atoms with E-state index in [9.17, 15) is 5.11 Å². The van der Waals surface area contributed by atoms with Gasteiger partial charge >= 0.3 is 0 Å². The molecule has 0 radical (unpaired) electrons. The number of fused-ring (bicyclic) bond motifs is 8. The van der Waals surface area contributed by atoms with Crippen molar-refractivity contribution in [3.05, 3.63) is 125 Å². The topological polar surface area (TPSA) is 51.2 Å². The Bertz CT molecular complexity index is 2250. The summed E-state index contributed by atoms with van der Waals surface area (Å²) >= 11 is 1.91. The van der Waals surface area contributed by atoms with Crippen LogP contribution in [0.5, 0.6) is 17.2 Å². The van der Waals surface area contributed by atoms with Crippen LogP contribution in [0, 0.1) is 11.8 Å². The minimum atomic E-state index is -0.916. The SMILES string of the molecule is C=C/C=C\C1=Cc2c(c3c(c4cc5c(cc24)OC(CC(C)C)(CC(C)C)S5)OC(c2ccc(OC)cc2)(c2ccc(N(CC)CCO)cc2)C=C3)C12CCCCCCC2. The maximum atomic E-state index is 9.81. The first-order chi connectivity index (χ1) is 28.6. The molecule has 59 heavy (non-hydrogen) atoms. The number of aliphatic hydroxyl groups is 1. The number of hydrogen-bond acceptors (Lipinski definition) is 6. The second-order valence-electron chi connectivity index (χ2n) is 18.0. The number of benzene rings is 4. The molecule has 1 saturated carbocycles. The first-order valence-corrected chi connectivity index (χ1v) is 23.0. The second-order valence-corrected chi connectivity index (χ2v) is 19.4. The summed E-state index contributed by atoms with van der Waals surface area (Å²) in [7, 11) is 1.71. The number of anilines is 1. The van der Waals surface area contributed by atoms with Gasteiger partial charge in [0.05, 0.1) is 18.6 Å². The summed E-state index contributed by atoms with van der Waals surface area (Å²) in [5, 5.41) is 12.1. The van der Waals surface area contributed by atoms with Crippen molar-refractivity contribution in [2.75, 3.05) is 31.7 Å². The molecule has 1 fully saturated rings. The lowest BCUT2D eigenvalue weighted by molar-refractivity contribution is 0.122. The van der Waals surface area contributed by atoms with E-state index in [4.69, 9.17) is 14.2 Å². The van der Waals surface area contributed by atoms with Crippen molar-refractivity contribution in [2.24, 2.45) is 11.8 Å². The van der Waals surface area contributed by atoms with E-state index in [0.717, 1.165) is 71.7 Å². The molecule has 4 aromatic carbocycles. The smallest absolute Gasteiger partial charge is 0.178 e. The fourth-order valence-electron chi connectivity index (χ4n) is 10.6. The Morgan fingerprint density at radius 3 is 2.14 bits per heavy atom. The molecule has 4 aliphatic rings. The summed E-state index contributed by atoms with van der Waals surface area (Å²) in [6, 6.07) is 21.9. The van der Waals surface area contributed by atoms with E-state index in [1.807, 2.05) is 30.0 Å². The molecule has 1 spiro atoms. The minimum Gasteiger partial charge on any atom is -0.497 e. The number of hydrogen-bond donors (Lipinski definition) is 1. The molecular weight excluding hydrogens is 747 g/mol. The maximum absolute atomic E-state index is 9.81. The van der Waals surface area contributed by atoms with Crippen LogP contribution in [0.15, 0.2) is 102 Å². The predicted octanol–water partition coefficient (Wildman–Crippen LogP) is 13.4. The number of ether oxygens (including phenoxy) is 3. The summed E-state index contributed by atoms with van der Waals surface area (Å²) in [5.74, 6) is 3.74. The molecule has 0 saturated heterocycles. The van der Waals surface area contributed by atoms with Crippen molar-refractivity contribution in [1.29, 1.82) is 0 Å². The summed E-state index contributed by atoms with van der Waals surface area (Å²) in [6.45, 7) is 16.9. The van der Waals surface area contributed by atoms with E-state index in [2.05, 4.69) is 125 Å². The third-order valence-corrected chi connectivity index (χ3v) is 14.4. The molecule has 5 nitrogen and oxygen atoms in total. The van der Waals surface area contributed by atoms with E-state index in [1.165, 1.54) is 64.6 Å². The lowest BCUT2D eigenvalue weighted by Crippen LogP contribution is -2.36. The molecule has 1 N–H and O–H groups in total. The average molecular weight is 810 g/mol. The van der Waals surface area contributed by atoms with Crippen LogP contribution in [-0.4, -0.2) is 36.8 Å². The largest absolute Gasteiger partial charge is 0.497 e. The molecule has 0 aromatic heterocycles. The van der Waals surface area contributed by atoms with Crippen LogP contribution in [0.4, 0.5) is 5.69 Å². The molecule has 2 heterocycles. The quantitative estimate of drug-likeness (QED) is 0.136. The Balaban J connectivity index is 1.39. The Kier molecular flexibility index (Phi) is 11.9. The van der Waals surface area contributed by atoms with Crippen LogP contribution in [0.2, 0.25) is 0 Å². The van der Waals surface area contributed by atoms with Crippen LogP contribution < -0.4 is 19.1 Å². The fourth-order valence-corrected chi connectivity index (χ4v) is 12.3. The Morgan fingerprint density at radius 2 is 1.53 bits per heavy atom. The van der Waals surface area contributed by atoms with E-state index in [-0.39, 0.29) is 17.0 Å². The first-order valence-electron chi connectivity index (χ1n) is 22.2. The monoisotopic (exact) mass is 809 g/mol. The van der Waals surface area contributed by atoms with Gasteiger partial charge in [0.1, 0.15) is 17.2 Å². The Labute approximate surface area is 357 Å². The summed E-state index contributed by atoms with van der Waals surface area (Å²) in [6.07, 6.45) is 24.0. The number of methoxy groups -OCH3 is 1. The number of likely N-dealkylation sites (N-methyl/N-ethyl adjacent to an activating group) is 1. The van der Waals surface area contributed by atoms with Gasteiger partial charge < -0.3 is 24.2 Å². The van der Waals surface area contributed by atoms with Gasteiger partial charge in [0.25, 0.3) is 0 Å². The van der Waals surface area contributed by atoms with E-state index in [0.29, 0.717) is 18.4 Å². The molecule has 0 bridgehead atoms. The maximum Gasteiger partial charge on any atom is 0.178 e. The zero-order valence-electron chi connectivity index (χ0n) is 36.1. The van der Waals surface area contributed by atoms with Crippen molar-refractivity contribution in [2.45, 2.75) is 113 Å². The normalized spacial score (nSPS) is 20.2. The molecular formula is C53H63NO4S. The second kappa shape index (κ2) is 16.9. The van der Waals surface area contributed by atoms with Gasteiger partial charge in [0.15, 0.2) is 10.5 Å². The average Bonchev–Trinajstić information content (AvgIpc) is 3.73. The summed E-state index contributed by atoms with van der Waals surface area (Å²) in [5.41, 5.74) is 7.40. The molecule has 1 atom stereocenters. The Hall–Kier alpha value is -4.39. The molecule has 4 aromatic rings. The number of rotatable bonds is 13. The zero-order chi connectivity index (χ0) is 41.4. The number of allylic oxidation sites excluding steroid dienone is 4. The molecule has 2 aliphatic carbocycles. The molecule has 310 valence electrons. The van der Waals surface area contributed by atoms with Crippen molar-refractivity contribution in [3.63, 3.8) is 0 Å². The van der Waals surface area contributed by atoms with Gasteiger partial charge in [-0.25, -0.2) is 0 Å². The third-order valence-electron chi connectivity index (χ3n) is 13.1. The molecule has 8 rings (SSSR count). The molecule has 6 heteroatoms. The minimum absolute atomic E-state index is 0.107. The Morgan fingerprint density at radius 1 is 0.864 bits per heavy atom. The highest BCUT2D eigenvalue weighted by Crippen LogP contribution is 2.61. The number of thioether (sulfide) groups is 1. The van der Waals surface area contributed by atoms with Crippen LogP contribution in [0.25, 0.3) is 22.9 Å². The van der Waals surface area contributed by atoms with E-state index in [1.54, 1.807) is 7.11 Å². The van der Waals surface area contributed by atoms with Crippen molar-refractivity contribution in [1.82, 2.24) is 0 Å². The highest BCUT2D eigenvalue weighted by molar-refractivity contribution is 8.00. The standard InChI is InChI=1S/C53H63NO4S/c1-8-10-16-40-31-45-44-32-47-48(59-52(57-47,34-36(3)4)35-37(5)6)33-46(44)50-43(49(45)51(40)26-14-12-11-13-15-27-51)25-28-53(58-50,39-19-23-42(56-7)24-20-39)38-17-21-41(22-18-38)54(9-2)29-30-55/h8,10,16-25,28,31-33,36-37,55H,1,9,11-15,26-27,29-30,34-35H2,2-7H3/b16-10-. The highest BCUT2D eigenvalue weighted by Gasteiger charge is 2.48. The van der Waals surface area contributed by atoms with Gasteiger partial charge in [-0.1, -0.05) is 127 Å². The molecule has 0 amide bonds. The lowest BCUT2D eigenvalue weighted by atomic mass is 9.66. The van der Waals surface area contributed by atoms with Gasteiger partial charge in [-0.3, -0.25) is 0 Å². The predicted molar refractivity (Wildman–Crippen MR) is 248 cm³/mol. The summed E-state index contributed by atoms with van der Waals surface area (Å²) < 4.78 is 20.7. The van der Waals surface area contributed by atoms with Crippen LogP contribution in [0.3, 0.4) is 0 Å². The lowest BCUT2D eigenvalue weighted by Gasteiger charge is -2.41. The van der Waals surface area contributed by atoms with Crippen molar-refractivity contribution >= 4 is 40.4 Å². The van der Waals surface area contributed by atoms with Crippen LogP contribution in [-0.2, 0) is 11.0 Å².